The molecule has 0 bridgehead atoms. The number of anilines is 1. The van der Waals surface area contributed by atoms with Gasteiger partial charge in [0, 0.05) is 37.0 Å². The van der Waals surface area contributed by atoms with Gasteiger partial charge in [-0.25, -0.2) is 19.3 Å². The maximum absolute atomic E-state index is 13.4. The number of carbonyl (C=O) groups excluding carboxylic acids is 1. The predicted octanol–water partition coefficient (Wildman–Crippen LogP) is 2.84. The van der Waals surface area contributed by atoms with Gasteiger partial charge in [-0.3, -0.25) is 10.00 Å². The zero-order valence-electron chi connectivity index (χ0n) is 18.9. The minimum atomic E-state index is 0. The zero-order valence-corrected chi connectivity index (χ0v) is 19.7. The molecule has 5 heterocycles. The normalized spacial score (nSPS) is 18.6. The zero-order chi connectivity index (χ0) is 22.5. The number of aromatic nitrogens is 6. The molecule has 10 nitrogen and oxygen atoms in total. The summed E-state index contributed by atoms with van der Waals surface area (Å²) in [6.07, 6.45) is 5.25. The van der Waals surface area contributed by atoms with Crippen molar-refractivity contribution >= 4 is 29.9 Å². The Morgan fingerprint density at radius 2 is 1.85 bits per heavy atom. The highest BCUT2D eigenvalue weighted by atomic mass is 35.5. The van der Waals surface area contributed by atoms with E-state index in [1.165, 1.54) is 0 Å². The standard InChI is InChI=1S/C23H25N9O.ClH/c1-14(2)19-12-30(17-9-24-10-17)23(33)32(19)20-7-8-31-22(28-20)18(11-27-31)15-3-5-16(6-4-15)21-25-13-26-29-21;/h3-8,11,13-14,17,19,24H,9-10,12H2,1-2H3,(H,25,26,29);1H/t19-;/m1./s1. The summed E-state index contributed by atoms with van der Waals surface area (Å²) in [5.41, 5.74) is 3.55. The van der Waals surface area contributed by atoms with E-state index < -0.39 is 0 Å². The van der Waals surface area contributed by atoms with Gasteiger partial charge >= 0.3 is 6.03 Å². The fourth-order valence-corrected chi connectivity index (χ4v) is 4.56. The summed E-state index contributed by atoms with van der Waals surface area (Å²) < 4.78 is 1.75. The topological polar surface area (TPSA) is 107 Å². The maximum atomic E-state index is 13.4. The van der Waals surface area contributed by atoms with Gasteiger partial charge in [0.2, 0.25) is 0 Å². The summed E-state index contributed by atoms with van der Waals surface area (Å²) in [5.74, 6) is 1.64. The molecule has 2 aliphatic rings. The van der Waals surface area contributed by atoms with Crippen LogP contribution in [-0.4, -0.2) is 72.4 Å². The van der Waals surface area contributed by atoms with E-state index in [-0.39, 0.29) is 30.5 Å². The number of hydrogen-bond acceptors (Lipinski definition) is 6. The van der Waals surface area contributed by atoms with Crippen LogP contribution in [0, 0.1) is 5.92 Å². The molecular formula is C23H26ClN9O. The Kier molecular flexibility index (Phi) is 5.70. The maximum Gasteiger partial charge on any atom is 0.326 e. The molecule has 2 N–H and O–H groups in total. The third-order valence-corrected chi connectivity index (χ3v) is 6.61. The number of fused-ring (bicyclic) bond motifs is 1. The third-order valence-electron chi connectivity index (χ3n) is 6.61. The minimum absolute atomic E-state index is 0. The van der Waals surface area contributed by atoms with Gasteiger partial charge < -0.3 is 10.2 Å². The van der Waals surface area contributed by atoms with Crippen LogP contribution < -0.4 is 10.2 Å². The molecule has 2 amide bonds. The number of rotatable bonds is 5. The van der Waals surface area contributed by atoms with E-state index in [9.17, 15) is 4.79 Å². The summed E-state index contributed by atoms with van der Waals surface area (Å²) in [5, 5.41) is 14.6. The fourth-order valence-electron chi connectivity index (χ4n) is 4.56. The lowest BCUT2D eigenvalue weighted by atomic mass is 10.0. The van der Waals surface area contributed by atoms with Crippen molar-refractivity contribution in [1.29, 1.82) is 0 Å². The Labute approximate surface area is 202 Å². The van der Waals surface area contributed by atoms with Gasteiger partial charge in [0.05, 0.1) is 18.3 Å². The molecule has 0 aliphatic carbocycles. The first-order valence-corrected chi connectivity index (χ1v) is 11.2. The quantitative estimate of drug-likeness (QED) is 0.455. The molecule has 11 heteroatoms. The largest absolute Gasteiger partial charge is 0.326 e. The van der Waals surface area contributed by atoms with Gasteiger partial charge in [0.15, 0.2) is 11.5 Å². The number of halogens is 1. The fraction of sp³-hybridized carbons (Fsp3) is 0.348. The highest BCUT2D eigenvalue weighted by Crippen LogP contribution is 2.32. The van der Waals surface area contributed by atoms with Gasteiger partial charge in [-0.15, -0.1) is 12.4 Å². The van der Waals surface area contributed by atoms with E-state index in [0.717, 1.165) is 42.0 Å². The predicted molar refractivity (Wildman–Crippen MR) is 131 cm³/mol. The molecule has 1 aromatic carbocycles. The summed E-state index contributed by atoms with van der Waals surface area (Å²) in [6.45, 7) is 6.75. The number of hydrogen-bond donors (Lipinski definition) is 2. The molecule has 176 valence electrons. The van der Waals surface area contributed by atoms with Gasteiger partial charge in [-0.2, -0.15) is 10.2 Å². The molecule has 6 rings (SSSR count). The Balaban J connectivity index is 0.00000241. The monoisotopic (exact) mass is 479 g/mol. The van der Waals surface area contributed by atoms with Crippen molar-refractivity contribution in [1.82, 2.24) is 40.0 Å². The number of amides is 2. The number of carbonyl (C=O) groups is 1. The Morgan fingerprint density at radius 1 is 1.09 bits per heavy atom. The van der Waals surface area contributed by atoms with Crippen LogP contribution in [-0.2, 0) is 0 Å². The second-order valence-corrected chi connectivity index (χ2v) is 8.94. The number of nitrogens with zero attached hydrogens (tertiary/aromatic N) is 7. The average Bonchev–Trinajstić information content (AvgIpc) is 3.52. The SMILES string of the molecule is CC(C)[C@H]1CN(C2CNC2)C(=O)N1c1ccn2ncc(-c3ccc(-c4nc[nH]n4)cc3)c2n1.Cl. The Bertz CT molecular complexity index is 1300. The lowest BCUT2D eigenvalue weighted by Gasteiger charge is -2.35. The van der Waals surface area contributed by atoms with Crippen LogP contribution in [0.5, 0.6) is 0 Å². The molecule has 1 atom stereocenters. The average molecular weight is 480 g/mol. The highest BCUT2D eigenvalue weighted by Gasteiger charge is 2.44. The van der Waals surface area contributed by atoms with Crippen molar-refractivity contribution < 1.29 is 4.79 Å². The van der Waals surface area contributed by atoms with Crippen LogP contribution in [0.4, 0.5) is 10.6 Å². The van der Waals surface area contributed by atoms with Gasteiger partial charge in [-0.05, 0) is 17.5 Å². The van der Waals surface area contributed by atoms with Crippen LogP contribution in [0.3, 0.4) is 0 Å². The van der Waals surface area contributed by atoms with Crippen molar-refractivity contribution in [3.8, 4) is 22.5 Å². The molecule has 3 aromatic heterocycles. The highest BCUT2D eigenvalue weighted by molar-refractivity contribution is 5.95. The lowest BCUT2D eigenvalue weighted by molar-refractivity contribution is 0.172. The molecule has 34 heavy (non-hydrogen) atoms. The molecule has 0 unspecified atom stereocenters. The molecule has 0 spiro atoms. The first kappa shape index (κ1) is 22.3. The molecule has 2 fully saturated rings. The van der Waals surface area contributed by atoms with Crippen molar-refractivity contribution in [2.75, 3.05) is 24.5 Å². The van der Waals surface area contributed by atoms with Crippen molar-refractivity contribution in [3.05, 3.63) is 49.1 Å². The molecule has 4 aromatic rings. The van der Waals surface area contributed by atoms with E-state index in [1.807, 2.05) is 52.5 Å². The van der Waals surface area contributed by atoms with E-state index in [1.54, 1.807) is 10.8 Å². The molecular weight excluding hydrogens is 454 g/mol. The molecule has 0 radical (unpaired) electrons. The second-order valence-electron chi connectivity index (χ2n) is 8.94. The van der Waals surface area contributed by atoms with Gasteiger partial charge in [0.1, 0.15) is 12.1 Å². The van der Waals surface area contributed by atoms with Crippen LogP contribution in [0.1, 0.15) is 13.8 Å². The summed E-state index contributed by atoms with van der Waals surface area (Å²) in [6, 6.07) is 10.3. The minimum Gasteiger partial charge on any atom is -0.317 e. The smallest absolute Gasteiger partial charge is 0.317 e. The van der Waals surface area contributed by atoms with Gasteiger partial charge in [0.25, 0.3) is 0 Å². The number of urea groups is 1. The first-order chi connectivity index (χ1) is 16.1. The molecule has 0 saturated carbocycles. The van der Waals surface area contributed by atoms with E-state index >= 15 is 0 Å². The first-order valence-electron chi connectivity index (χ1n) is 11.2. The van der Waals surface area contributed by atoms with Gasteiger partial charge in [-0.1, -0.05) is 38.1 Å². The summed E-state index contributed by atoms with van der Waals surface area (Å²) in [7, 11) is 0. The Morgan fingerprint density at radius 3 is 2.50 bits per heavy atom. The summed E-state index contributed by atoms with van der Waals surface area (Å²) >= 11 is 0. The van der Waals surface area contributed by atoms with Crippen LogP contribution >= 0.6 is 12.4 Å². The number of aromatic amines is 1. The lowest BCUT2D eigenvalue weighted by Crippen LogP contribution is -2.58. The number of nitrogens with one attached hydrogen (secondary N) is 2. The van der Waals surface area contributed by atoms with Crippen molar-refractivity contribution in [2.45, 2.75) is 25.9 Å². The number of H-pyrrole nitrogens is 1. The molecule has 2 saturated heterocycles. The second kappa shape index (κ2) is 8.69. The van der Waals surface area contributed by atoms with E-state index in [4.69, 9.17) is 4.98 Å². The molecule has 2 aliphatic heterocycles. The van der Waals surface area contributed by atoms with Crippen molar-refractivity contribution in [2.24, 2.45) is 5.92 Å². The van der Waals surface area contributed by atoms with Crippen molar-refractivity contribution in [3.63, 3.8) is 0 Å². The van der Waals surface area contributed by atoms with E-state index in [0.29, 0.717) is 17.6 Å². The number of benzene rings is 1. The van der Waals surface area contributed by atoms with Crippen LogP contribution in [0.25, 0.3) is 28.2 Å². The Hall–Kier alpha value is -3.50. The van der Waals surface area contributed by atoms with Crippen LogP contribution in [0.15, 0.2) is 49.1 Å². The van der Waals surface area contributed by atoms with E-state index in [2.05, 4.69) is 39.4 Å². The third kappa shape index (κ3) is 3.59. The van der Waals surface area contributed by atoms with Crippen LogP contribution in [0.2, 0.25) is 0 Å². The summed E-state index contributed by atoms with van der Waals surface area (Å²) in [4.78, 5) is 26.4.